The molecule has 0 atom stereocenters. The van der Waals surface area contributed by atoms with Gasteiger partial charge in [-0.3, -0.25) is 9.59 Å². The van der Waals surface area contributed by atoms with E-state index in [4.69, 9.17) is 4.74 Å². The number of amides is 1. The first kappa shape index (κ1) is 17.2. The van der Waals surface area contributed by atoms with E-state index in [1.54, 1.807) is 37.3 Å². The van der Waals surface area contributed by atoms with Crippen molar-refractivity contribution in [2.75, 3.05) is 11.9 Å². The first-order valence-electron chi connectivity index (χ1n) is 7.25. The zero-order valence-corrected chi connectivity index (χ0v) is 13.3. The molecule has 0 aliphatic carbocycles. The summed E-state index contributed by atoms with van der Waals surface area (Å²) in [4.78, 5) is 35.3. The van der Waals surface area contributed by atoms with Gasteiger partial charge in [0.05, 0.1) is 5.69 Å². The maximum Gasteiger partial charge on any atom is 0.342 e. The van der Waals surface area contributed by atoms with Crippen molar-refractivity contribution in [3.05, 3.63) is 59.2 Å². The third-order valence-electron chi connectivity index (χ3n) is 3.29. The van der Waals surface area contributed by atoms with E-state index < -0.39 is 18.5 Å². The number of phenolic OH excluding ortho intramolecular Hbond substituents is 1. The normalized spacial score (nSPS) is 10.1. The standard InChI is InChI=1S/C18H17NO5/c1-11-7-8-16(21)14(9-11)18(23)24-10-17(22)19-15-6-4-3-5-13(15)12(2)20/h3-9,21H,10H2,1-2H3,(H,19,22). The van der Waals surface area contributed by atoms with Crippen molar-refractivity contribution < 1.29 is 24.2 Å². The van der Waals surface area contributed by atoms with E-state index in [-0.39, 0.29) is 17.1 Å². The molecule has 0 saturated heterocycles. The molecule has 0 radical (unpaired) electrons. The minimum absolute atomic E-state index is 0.00747. The van der Waals surface area contributed by atoms with Crippen molar-refractivity contribution in [2.24, 2.45) is 0 Å². The number of phenols is 1. The molecule has 0 aliphatic heterocycles. The number of nitrogens with one attached hydrogen (secondary N) is 1. The highest BCUT2D eigenvalue weighted by molar-refractivity contribution is 6.04. The predicted octanol–water partition coefficient (Wildman–Crippen LogP) is 2.70. The van der Waals surface area contributed by atoms with Gasteiger partial charge in [0.1, 0.15) is 11.3 Å². The van der Waals surface area contributed by atoms with Crippen molar-refractivity contribution >= 4 is 23.3 Å². The van der Waals surface area contributed by atoms with E-state index in [9.17, 15) is 19.5 Å². The lowest BCUT2D eigenvalue weighted by Gasteiger charge is -2.10. The van der Waals surface area contributed by atoms with Crippen LogP contribution in [0.15, 0.2) is 42.5 Å². The molecule has 0 fully saturated rings. The molecule has 2 aromatic carbocycles. The van der Waals surface area contributed by atoms with Gasteiger partial charge in [0, 0.05) is 5.56 Å². The van der Waals surface area contributed by atoms with Gasteiger partial charge in [-0.2, -0.15) is 0 Å². The molecular weight excluding hydrogens is 310 g/mol. The minimum atomic E-state index is -0.800. The zero-order chi connectivity index (χ0) is 17.7. The molecule has 0 unspecified atom stereocenters. The molecule has 0 aliphatic rings. The molecule has 0 saturated carbocycles. The number of rotatable bonds is 5. The number of para-hydroxylation sites is 1. The van der Waals surface area contributed by atoms with Gasteiger partial charge in [-0.15, -0.1) is 0 Å². The van der Waals surface area contributed by atoms with Gasteiger partial charge in [0.25, 0.3) is 5.91 Å². The lowest BCUT2D eigenvalue weighted by atomic mass is 10.1. The minimum Gasteiger partial charge on any atom is -0.507 e. The predicted molar refractivity (Wildman–Crippen MR) is 88.2 cm³/mol. The van der Waals surface area contributed by atoms with Crippen LogP contribution in [0.2, 0.25) is 0 Å². The summed E-state index contributed by atoms with van der Waals surface area (Å²) in [6, 6.07) is 11.1. The van der Waals surface area contributed by atoms with Crippen molar-refractivity contribution in [1.29, 1.82) is 0 Å². The fraction of sp³-hybridized carbons (Fsp3) is 0.167. The van der Waals surface area contributed by atoms with Crippen LogP contribution in [0.5, 0.6) is 5.75 Å². The van der Waals surface area contributed by atoms with Gasteiger partial charge in [-0.1, -0.05) is 23.8 Å². The Hall–Kier alpha value is -3.15. The lowest BCUT2D eigenvalue weighted by Crippen LogP contribution is -2.22. The highest BCUT2D eigenvalue weighted by atomic mass is 16.5. The summed E-state index contributed by atoms with van der Waals surface area (Å²) < 4.78 is 4.90. The molecule has 0 spiro atoms. The molecule has 6 nitrogen and oxygen atoms in total. The van der Waals surface area contributed by atoms with Crippen LogP contribution in [0.25, 0.3) is 0 Å². The summed E-state index contributed by atoms with van der Waals surface area (Å²) in [5.74, 6) is -1.78. The van der Waals surface area contributed by atoms with E-state index in [2.05, 4.69) is 5.32 Å². The Bertz CT molecular complexity index is 798. The quantitative estimate of drug-likeness (QED) is 0.650. The number of hydrogen-bond acceptors (Lipinski definition) is 5. The lowest BCUT2D eigenvalue weighted by molar-refractivity contribution is -0.119. The van der Waals surface area contributed by atoms with Crippen molar-refractivity contribution in [1.82, 2.24) is 0 Å². The van der Waals surface area contributed by atoms with Crippen molar-refractivity contribution in [2.45, 2.75) is 13.8 Å². The fourth-order valence-corrected chi connectivity index (χ4v) is 2.11. The number of aromatic hydroxyl groups is 1. The molecule has 1 amide bonds. The van der Waals surface area contributed by atoms with Crippen LogP contribution < -0.4 is 5.32 Å². The van der Waals surface area contributed by atoms with Crippen LogP contribution in [0.4, 0.5) is 5.69 Å². The Kier molecular flexibility index (Phi) is 5.31. The number of ketones is 1. The first-order chi connectivity index (χ1) is 11.4. The van der Waals surface area contributed by atoms with Gasteiger partial charge in [-0.05, 0) is 38.1 Å². The topological polar surface area (TPSA) is 92.7 Å². The summed E-state index contributed by atoms with van der Waals surface area (Å²) >= 11 is 0. The first-order valence-corrected chi connectivity index (χ1v) is 7.25. The molecule has 0 aromatic heterocycles. The molecule has 2 N–H and O–H groups in total. The van der Waals surface area contributed by atoms with E-state index >= 15 is 0 Å². The third-order valence-corrected chi connectivity index (χ3v) is 3.29. The van der Waals surface area contributed by atoms with E-state index in [0.29, 0.717) is 11.3 Å². The SMILES string of the molecule is CC(=O)c1ccccc1NC(=O)COC(=O)c1cc(C)ccc1O. The van der Waals surface area contributed by atoms with Crippen LogP contribution in [-0.4, -0.2) is 29.4 Å². The molecule has 0 bridgehead atoms. The Morgan fingerprint density at radius 3 is 2.50 bits per heavy atom. The summed E-state index contributed by atoms with van der Waals surface area (Å²) in [6.45, 7) is 2.63. The average Bonchev–Trinajstić information content (AvgIpc) is 2.55. The van der Waals surface area contributed by atoms with Gasteiger partial charge in [0.15, 0.2) is 12.4 Å². The Balaban J connectivity index is 2.00. The zero-order valence-electron chi connectivity index (χ0n) is 13.3. The summed E-state index contributed by atoms with van der Waals surface area (Å²) in [5, 5.41) is 12.2. The van der Waals surface area contributed by atoms with E-state index in [1.165, 1.54) is 19.1 Å². The molecule has 24 heavy (non-hydrogen) atoms. The second kappa shape index (κ2) is 7.41. The number of ether oxygens (including phenoxy) is 1. The van der Waals surface area contributed by atoms with Gasteiger partial charge in [-0.25, -0.2) is 4.79 Å². The molecule has 6 heteroatoms. The Morgan fingerprint density at radius 2 is 1.79 bits per heavy atom. The molecule has 2 rings (SSSR count). The Labute approximate surface area is 139 Å². The van der Waals surface area contributed by atoms with Crippen molar-refractivity contribution in [3.63, 3.8) is 0 Å². The second-order valence-corrected chi connectivity index (χ2v) is 5.25. The number of benzene rings is 2. The highest BCUT2D eigenvalue weighted by Gasteiger charge is 2.15. The number of Topliss-reactive ketones (excluding diaryl/α,β-unsaturated/α-hetero) is 1. The number of carbonyl (C=O) groups is 3. The third kappa shape index (κ3) is 4.19. The molecular formula is C18H17NO5. The maximum atomic E-state index is 11.9. The van der Waals surface area contributed by atoms with Crippen LogP contribution in [0, 0.1) is 6.92 Å². The second-order valence-electron chi connectivity index (χ2n) is 5.25. The van der Waals surface area contributed by atoms with Crippen LogP contribution in [-0.2, 0) is 9.53 Å². The van der Waals surface area contributed by atoms with Gasteiger partial charge < -0.3 is 15.2 Å². The van der Waals surface area contributed by atoms with Gasteiger partial charge in [0.2, 0.25) is 0 Å². The number of aryl methyl sites for hydroxylation is 1. The van der Waals surface area contributed by atoms with Crippen LogP contribution in [0.1, 0.15) is 33.2 Å². The summed E-state index contributed by atoms with van der Waals surface area (Å²) in [5.41, 5.74) is 1.49. The molecule has 2 aromatic rings. The van der Waals surface area contributed by atoms with Crippen LogP contribution >= 0.6 is 0 Å². The molecule has 0 heterocycles. The maximum absolute atomic E-state index is 11.9. The van der Waals surface area contributed by atoms with Crippen LogP contribution in [0.3, 0.4) is 0 Å². The fourth-order valence-electron chi connectivity index (χ4n) is 2.11. The van der Waals surface area contributed by atoms with E-state index in [0.717, 1.165) is 5.56 Å². The van der Waals surface area contributed by atoms with Crippen molar-refractivity contribution in [3.8, 4) is 5.75 Å². The largest absolute Gasteiger partial charge is 0.507 e. The summed E-state index contributed by atoms with van der Waals surface area (Å²) in [6.07, 6.45) is 0. The number of carbonyl (C=O) groups excluding carboxylic acids is 3. The summed E-state index contributed by atoms with van der Waals surface area (Å²) in [7, 11) is 0. The van der Waals surface area contributed by atoms with E-state index in [1.807, 2.05) is 0 Å². The Morgan fingerprint density at radius 1 is 1.08 bits per heavy atom. The number of esters is 1. The number of hydrogen-bond donors (Lipinski definition) is 2. The smallest absolute Gasteiger partial charge is 0.342 e. The molecule has 124 valence electrons. The number of anilines is 1. The average molecular weight is 327 g/mol. The monoisotopic (exact) mass is 327 g/mol. The highest BCUT2D eigenvalue weighted by Crippen LogP contribution is 2.19. The van der Waals surface area contributed by atoms with Gasteiger partial charge >= 0.3 is 5.97 Å².